The number of rotatable bonds is 9. The molecule has 1 rings (SSSR count). The Hall–Kier alpha value is -1.95. The van der Waals surface area contributed by atoms with Crippen molar-refractivity contribution in [2.24, 2.45) is 0 Å². The van der Waals surface area contributed by atoms with E-state index in [1.807, 2.05) is 6.92 Å². The van der Waals surface area contributed by atoms with Crippen LogP contribution in [0.4, 0.5) is 5.69 Å². The van der Waals surface area contributed by atoms with E-state index in [0.717, 1.165) is 19.6 Å². The van der Waals surface area contributed by atoms with Crippen molar-refractivity contribution in [3.63, 3.8) is 0 Å². The lowest BCUT2D eigenvalue weighted by Crippen LogP contribution is -2.39. The van der Waals surface area contributed by atoms with E-state index in [9.17, 15) is 14.9 Å². The van der Waals surface area contributed by atoms with E-state index in [-0.39, 0.29) is 18.0 Å². The fourth-order valence-corrected chi connectivity index (χ4v) is 2.33. The van der Waals surface area contributed by atoms with Crippen LogP contribution in [0.3, 0.4) is 0 Å². The summed E-state index contributed by atoms with van der Waals surface area (Å²) in [5.41, 5.74) is 0.706. The Balaban J connectivity index is 2.64. The van der Waals surface area contributed by atoms with Crippen molar-refractivity contribution in [3.05, 3.63) is 39.9 Å². The van der Waals surface area contributed by atoms with Gasteiger partial charge in [0.1, 0.15) is 0 Å². The lowest BCUT2D eigenvalue weighted by atomic mass is 10.1. The first-order chi connectivity index (χ1) is 10.5. The van der Waals surface area contributed by atoms with Crippen molar-refractivity contribution in [1.29, 1.82) is 0 Å². The van der Waals surface area contributed by atoms with Crippen molar-refractivity contribution in [1.82, 2.24) is 9.80 Å². The molecule has 6 heteroatoms. The highest BCUT2D eigenvalue weighted by Crippen LogP contribution is 2.14. The van der Waals surface area contributed by atoms with E-state index in [1.54, 1.807) is 17.0 Å². The Kier molecular flexibility index (Phi) is 7.52. The largest absolute Gasteiger partial charge is 0.341 e. The second-order valence-corrected chi connectivity index (χ2v) is 5.10. The van der Waals surface area contributed by atoms with Gasteiger partial charge in [0.25, 0.3) is 5.69 Å². The number of amides is 1. The summed E-state index contributed by atoms with van der Waals surface area (Å²) >= 11 is 0. The van der Waals surface area contributed by atoms with Crippen LogP contribution in [0.15, 0.2) is 24.3 Å². The molecule has 22 heavy (non-hydrogen) atoms. The third-order valence-corrected chi connectivity index (χ3v) is 3.79. The van der Waals surface area contributed by atoms with Crippen molar-refractivity contribution in [3.8, 4) is 0 Å². The minimum absolute atomic E-state index is 0.00940. The first kappa shape index (κ1) is 18.1. The molecule has 0 aliphatic rings. The summed E-state index contributed by atoms with van der Waals surface area (Å²) in [5.74, 6) is 0.00940. The Morgan fingerprint density at radius 3 is 2.36 bits per heavy atom. The van der Waals surface area contributed by atoms with Gasteiger partial charge in [0.2, 0.25) is 5.91 Å². The van der Waals surface area contributed by atoms with Gasteiger partial charge in [-0.3, -0.25) is 14.9 Å². The summed E-state index contributed by atoms with van der Waals surface area (Å²) in [7, 11) is 0. The van der Waals surface area contributed by atoms with Crippen LogP contribution in [0.5, 0.6) is 0 Å². The molecule has 1 aromatic carbocycles. The van der Waals surface area contributed by atoms with E-state index < -0.39 is 4.92 Å². The third kappa shape index (κ3) is 5.44. The average Bonchev–Trinajstić information content (AvgIpc) is 2.52. The molecule has 0 N–H and O–H groups in total. The number of benzene rings is 1. The van der Waals surface area contributed by atoms with Crippen LogP contribution in [0, 0.1) is 10.1 Å². The second-order valence-electron chi connectivity index (χ2n) is 5.10. The predicted molar refractivity (Wildman–Crippen MR) is 86.8 cm³/mol. The normalized spacial score (nSPS) is 10.7. The summed E-state index contributed by atoms with van der Waals surface area (Å²) in [6, 6.07) is 6.28. The number of carbonyl (C=O) groups excluding carboxylic acids is 1. The highest BCUT2D eigenvalue weighted by Gasteiger charge is 2.15. The lowest BCUT2D eigenvalue weighted by Gasteiger charge is -2.25. The van der Waals surface area contributed by atoms with Crippen LogP contribution in [0.2, 0.25) is 0 Å². The van der Waals surface area contributed by atoms with Crippen LogP contribution < -0.4 is 0 Å². The Labute approximate surface area is 131 Å². The fourth-order valence-electron chi connectivity index (χ4n) is 2.33. The maximum Gasteiger partial charge on any atom is 0.269 e. The summed E-state index contributed by atoms with van der Waals surface area (Å²) < 4.78 is 0. The molecule has 1 aromatic rings. The Bertz CT molecular complexity index is 501. The van der Waals surface area contributed by atoms with Gasteiger partial charge in [-0.1, -0.05) is 26.0 Å². The molecular weight excluding hydrogens is 282 g/mol. The van der Waals surface area contributed by atoms with E-state index in [1.165, 1.54) is 12.1 Å². The number of nitro groups is 1. The molecule has 0 radical (unpaired) electrons. The highest BCUT2D eigenvalue weighted by molar-refractivity contribution is 5.79. The van der Waals surface area contributed by atoms with Crippen molar-refractivity contribution in [2.45, 2.75) is 27.2 Å². The number of carbonyl (C=O) groups is 1. The van der Waals surface area contributed by atoms with Gasteiger partial charge < -0.3 is 9.80 Å². The summed E-state index contributed by atoms with van der Waals surface area (Å²) in [6.45, 7) is 10.3. The molecule has 0 aliphatic carbocycles. The maximum absolute atomic E-state index is 12.4. The van der Waals surface area contributed by atoms with Crippen molar-refractivity contribution >= 4 is 11.6 Å². The molecule has 1 amide bonds. The van der Waals surface area contributed by atoms with Crippen LogP contribution in [-0.2, 0) is 11.2 Å². The smallest absolute Gasteiger partial charge is 0.269 e. The number of hydrogen-bond donors (Lipinski definition) is 0. The van der Waals surface area contributed by atoms with Crippen molar-refractivity contribution < 1.29 is 9.72 Å². The Morgan fingerprint density at radius 1 is 1.14 bits per heavy atom. The standard InChI is InChI=1S/C16H25N3O3/c1-4-17(5-2)10-11-18(6-3)16(20)13-14-8-7-9-15(12-14)19(21)22/h7-9,12H,4-6,10-11,13H2,1-3H3. The zero-order valence-corrected chi connectivity index (χ0v) is 13.6. The summed E-state index contributed by atoms with van der Waals surface area (Å²) in [4.78, 5) is 26.8. The van der Waals surface area contributed by atoms with E-state index in [0.29, 0.717) is 18.7 Å². The van der Waals surface area contributed by atoms with E-state index >= 15 is 0 Å². The topological polar surface area (TPSA) is 66.7 Å². The van der Waals surface area contributed by atoms with Gasteiger partial charge in [-0.15, -0.1) is 0 Å². The third-order valence-electron chi connectivity index (χ3n) is 3.79. The van der Waals surface area contributed by atoms with Crippen LogP contribution in [0.1, 0.15) is 26.3 Å². The minimum Gasteiger partial charge on any atom is -0.341 e. The van der Waals surface area contributed by atoms with E-state index in [4.69, 9.17) is 0 Å². The van der Waals surface area contributed by atoms with Crippen LogP contribution >= 0.6 is 0 Å². The van der Waals surface area contributed by atoms with Gasteiger partial charge in [0.05, 0.1) is 11.3 Å². The van der Waals surface area contributed by atoms with Gasteiger partial charge in [0, 0.05) is 31.8 Å². The van der Waals surface area contributed by atoms with Crippen LogP contribution in [-0.4, -0.2) is 53.4 Å². The first-order valence-electron chi connectivity index (χ1n) is 7.75. The monoisotopic (exact) mass is 307 g/mol. The average molecular weight is 307 g/mol. The molecule has 0 aromatic heterocycles. The van der Waals surface area contributed by atoms with E-state index in [2.05, 4.69) is 18.7 Å². The second kappa shape index (κ2) is 9.15. The molecule has 0 aliphatic heterocycles. The van der Waals surface area contributed by atoms with Crippen molar-refractivity contribution in [2.75, 3.05) is 32.7 Å². The highest BCUT2D eigenvalue weighted by atomic mass is 16.6. The molecule has 0 saturated heterocycles. The van der Waals surface area contributed by atoms with Crippen LogP contribution in [0.25, 0.3) is 0 Å². The van der Waals surface area contributed by atoms with Gasteiger partial charge in [-0.25, -0.2) is 0 Å². The quantitative estimate of drug-likeness (QED) is 0.519. The summed E-state index contributed by atoms with van der Waals surface area (Å²) in [5, 5.41) is 10.8. The number of hydrogen-bond acceptors (Lipinski definition) is 4. The zero-order valence-electron chi connectivity index (χ0n) is 13.6. The molecule has 0 fully saturated rings. The van der Waals surface area contributed by atoms with Gasteiger partial charge in [-0.2, -0.15) is 0 Å². The lowest BCUT2D eigenvalue weighted by molar-refractivity contribution is -0.384. The number of likely N-dealkylation sites (N-methyl/N-ethyl adjacent to an activating group) is 2. The SMILES string of the molecule is CCN(CC)CCN(CC)C(=O)Cc1cccc([N+](=O)[O-])c1. The number of nitro benzene ring substituents is 1. The van der Waals surface area contributed by atoms with Gasteiger partial charge in [-0.05, 0) is 25.6 Å². The molecule has 0 atom stereocenters. The molecule has 0 saturated carbocycles. The number of non-ortho nitro benzene ring substituents is 1. The minimum atomic E-state index is -0.439. The number of nitrogens with zero attached hydrogens (tertiary/aromatic N) is 3. The van der Waals surface area contributed by atoms with Gasteiger partial charge in [0.15, 0.2) is 0 Å². The molecule has 0 unspecified atom stereocenters. The Morgan fingerprint density at radius 2 is 1.82 bits per heavy atom. The molecule has 6 nitrogen and oxygen atoms in total. The molecule has 122 valence electrons. The maximum atomic E-state index is 12.4. The molecule has 0 bridgehead atoms. The van der Waals surface area contributed by atoms with Gasteiger partial charge >= 0.3 is 0 Å². The predicted octanol–water partition coefficient (Wildman–Crippen LogP) is 2.33. The molecule has 0 heterocycles. The molecular formula is C16H25N3O3. The fraction of sp³-hybridized carbons (Fsp3) is 0.562. The summed E-state index contributed by atoms with van der Waals surface area (Å²) in [6.07, 6.45) is 0.202. The first-order valence-corrected chi connectivity index (χ1v) is 7.75. The molecule has 0 spiro atoms. The zero-order chi connectivity index (χ0) is 16.5.